The number of anilines is 1. The fourth-order valence-corrected chi connectivity index (χ4v) is 2.49. The highest BCUT2D eigenvalue weighted by Gasteiger charge is 2.16. The van der Waals surface area contributed by atoms with Gasteiger partial charge in [-0.25, -0.2) is 0 Å². The van der Waals surface area contributed by atoms with Crippen LogP contribution < -0.4 is 5.73 Å². The van der Waals surface area contributed by atoms with E-state index in [1.807, 2.05) is 23.6 Å². The van der Waals surface area contributed by atoms with Gasteiger partial charge in [0.25, 0.3) is 5.89 Å². The van der Waals surface area contributed by atoms with Crippen molar-refractivity contribution in [3.63, 3.8) is 0 Å². The van der Waals surface area contributed by atoms with Gasteiger partial charge in [-0.2, -0.15) is 4.98 Å². The quantitative estimate of drug-likeness (QED) is 0.793. The summed E-state index contributed by atoms with van der Waals surface area (Å²) in [5, 5.41) is 6.56. The van der Waals surface area contributed by atoms with Gasteiger partial charge >= 0.3 is 0 Å². The first-order valence-corrected chi connectivity index (χ1v) is 6.79. The van der Waals surface area contributed by atoms with Gasteiger partial charge in [0.1, 0.15) is 5.69 Å². The van der Waals surface area contributed by atoms with Crippen LogP contribution in [0.5, 0.6) is 0 Å². The van der Waals surface area contributed by atoms with Crippen molar-refractivity contribution in [2.24, 2.45) is 0 Å². The molecule has 2 N–H and O–H groups in total. The van der Waals surface area contributed by atoms with Gasteiger partial charge in [0, 0.05) is 6.20 Å². The summed E-state index contributed by atoms with van der Waals surface area (Å²) >= 11 is 1.45. The standard InChI is InChI=1S/C13H12N4OS/c1-2-8-4-3-6-15-10(8)12-16-13(18-17-12)9-5-7-19-11(9)14/h3-7H,2,14H2,1H3. The zero-order valence-corrected chi connectivity index (χ0v) is 11.1. The summed E-state index contributed by atoms with van der Waals surface area (Å²) in [5.41, 5.74) is 8.48. The summed E-state index contributed by atoms with van der Waals surface area (Å²) in [6.45, 7) is 2.07. The third kappa shape index (κ3) is 2.10. The SMILES string of the molecule is CCc1cccnc1-c1noc(-c2ccsc2N)n1. The Morgan fingerprint density at radius 3 is 3.00 bits per heavy atom. The number of nitrogens with zero attached hydrogens (tertiary/aromatic N) is 3. The molecule has 0 fully saturated rings. The lowest BCUT2D eigenvalue weighted by Gasteiger charge is -2.00. The fourth-order valence-electron chi connectivity index (χ4n) is 1.85. The number of aryl methyl sites for hydroxylation is 1. The third-order valence-electron chi connectivity index (χ3n) is 2.84. The molecule has 0 unspecified atom stereocenters. The van der Waals surface area contributed by atoms with Crippen molar-refractivity contribution in [3.8, 4) is 23.0 Å². The van der Waals surface area contributed by atoms with Crippen molar-refractivity contribution in [1.29, 1.82) is 0 Å². The summed E-state index contributed by atoms with van der Waals surface area (Å²) in [4.78, 5) is 8.70. The fraction of sp³-hybridized carbons (Fsp3) is 0.154. The number of pyridine rings is 1. The molecular formula is C13H12N4OS. The van der Waals surface area contributed by atoms with Gasteiger partial charge in [0.15, 0.2) is 0 Å². The molecule has 0 aliphatic heterocycles. The second-order valence-corrected chi connectivity index (χ2v) is 4.93. The summed E-state index contributed by atoms with van der Waals surface area (Å²) in [6, 6.07) is 5.79. The average Bonchev–Trinajstić information content (AvgIpc) is 3.07. The lowest BCUT2D eigenvalue weighted by Crippen LogP contribution is -1.92. The number of nitrogens with two attached hydrogens (primary N) is 1. The van der Waals surface area contributed by atoms with Gasteiger partial charge in [-0.1, -0.05) is 18.1 Å². The minimum Gasteiger partial charge on any atom is -0.390 e. The number of aromatic nitrogens is 3. The molecular weight excluding hydrogens is 260 g/mol. The molecule has 0 atom stereocenters. The van der Waals surface area contributed by atoms with Crippen molar-refractivity contribution < 1.29 is 4.52 Å². The van der Waals surface area contributed by atoms with Crippen LogP contribution in [-0.4, -0.2) is 15.1 Å². The molecule has 19 heavy (non-hydrogen) atoms. The maximum atomic E-state index is 5.85. The molecule has 0 aliphatic rings. The molecule has 5 nitrogen and oxygen atoms in total. The number of hydrogen-bond donors (Lipinski definition) is 1. The van der Waals surface area contributed by atoms with Crippen molar-refractivity contribution in [2.75, 3.05) is 5.73 Å². The molecule has 0 spiro atoms. The van der Waals surface area contributed by atoms with Crippen LogP contribution in [0.15, 0.2) is 34.3 Å². The Hall–Kier alpha value is -2.21. The van der Waals surface area contributed by atoms with Gasteiger partial charge in [0.05, 0.1) is 10.6 Å². The molecule has 96 valence electrons. The van der Waals surface area contributed by atoms with Crippen LogP contribution in [0.2, 0.25) is 0 Å². The van der Waals surface area contributed by atoms with E-state index in [-0.39, 0.29) is 0 Å². The molecule has 0 saturated heterocycles. The molecule has 0 radical (unpaired) electrons. The number of rotatable bonds is 3. The normalized spacial score (nSPS) is 10.8. The summed E-state index contributed by atoms with van der Waals surface area (Å²) in [7, 11) is 0. The van der Waals surface area contributed by atoms with E-state index in [9.17, 15) is 0 Å². The second-order valence-electron chi connectivity index (χ2n) is 3.99. The van der Waals surface area contributed by atoms with Crippen molar-refractivity contribution in [1.82, 2.24) is 15.1 Å². The van der Waals surface area contributed by atoms with Crippen LogP contribution in [0.4, 0.5) is 5.00 Å². The lowest BCUT2D eigenvalue weighted by atomic mass is 10.1. The molecule has 3 heterocycles. The predicted octanol–water partition coefficient (Wildman–Crippen LogP) is 3.00. The van der Waals surface area contributed by atoms with Gasteiger partial charge in [-0.3, -0.25) is 4.98 Å². The Labute approximate surface area is 114 Å². The monoisotopic (exact) mass is 272 g/mol. The van der Waals surface area contributed by atoms with E-state index >= 15 is 0 Å². The van der Waals surface area contributed by atoms with E-state index < -0.39 is 0 Å². The topological polar surface area (TPSA) is 77.8 Å². The Morgan fingerprint density at radius 1 is 1.37 bits per heavy atom. The van der Waals surface area contributed by atoms with Gasteiger partial charge in [0.2, 0.25) is 5.82 Å². The molecule has 6 heteroatoms. The Morgan fingerprint density at radius 2 is 2.26 bits per heavy atom. The summed E-state index contributed by atoms with van der Waals surface area (Å²) in [6.07, 6.45) is 2.59. The van der Waals surface area contributed by atoms with Gasteiger partial charge in [-0.05, 0) is 29.5 Å². The van der Waals surface area contributed by atoms with E-state index in [0.29, 0.717) is 16.7 Å². The summed E-state index contributed by atoms with van der Waals surface area (Å²) in [5.74, 6) is 0.930. The first kappa shape index (κ1) is 11.9. The molecule has 0 bridgehead atoms. The highest BCUT2D eigenvalue weighted by molar-refractivity contribution is 7.14. The number of hydrogen-bond acceptors (Lipinski definition) is 6. The molecule has 0 amide bonds. The van der Waals surface area contributed by atoms with Crippen LogP contribution >= 0.6 is 11.3 Å². The van der Waals surface area contributed by atoms with Crippen LogP contribution in [0, 0.1) is 0 Å². The first-order valence-electron chi connectivity index (χ1n) is 5.91. The Bertz CT molecular complexity index is 704. The number of thiophene rings is 1. The highest BCUT2D eigenvalue weighted by atomic mass is 32.1. The second kappa shape index (κ2) is 4.81. The van der Waals surface area contributed by atoms with E-state index in [1.165, 1.54) is 11.3 Å². The zero-order valence-electron chi connectivity index (χ0n) is 10.3. The smallest absolute Gasteiger partial charge is 0.261 e. The van der Waals surface area contributed by atoms with E-state index in [4.69, 9.17) is 10.3 Å². The molecule has 0 saturated carbocycles. The Balaban J connectivity index is 2.04. The van der Waals surface area contributed by atoms with Gasteiger partial charge < -0.3 is 10.3 Å². The third-order valence-corrected chi connectivity index (χ3v) is 3.58. The van der Waals surface area contributed by atoms with Crippen LogP contribution in [0.3, 0.4) is 0 Å². The average molecular weight is 272 g/mol. The molecule has 3 aromatic rings. The minimum atomic E-state index is 0.432. The maximum Gasteiger partial charge on any atom is 0.261 e. The first-order chi connectivity index (χ1) is 9.29. The summed E-state index contributed by atoms with van der Waals surface area (Å²) < 4.78 is 5.27. The molecule has 3 aromatic heterocycles. The van der Waals surface area contributed by atoms with Crippen molar-refractivity contribution in [2.45, 2.75) is 13.3 Å². The van der Waals surface area contributed by atoms with Crippen LogP contribution in [0.1, 0.15) is 12.5 Å². The molecule has 0 aromatic carbocycles. The largest absolute Gasteiger partial charge is 0.390 e. The van der Waals surface area contributed by atoms with Gasteiger partial charge in [-0.15, -0.1) is 11.3 Å². The molecule has 0 aliphatic carbocycles. The van der Waals surface area contributed by atoms with E-state index in [2.05, 4.69) is 22.0 Å². The zero-order chi connectivity index (χ0) is 13.2. The molecule has 3 rings (SSSR count). The van der Waals surface area contributed by atoms with E-state index in [1.54, 1.807) is 6.20 Å². The van der Waals surface area contributed by atoms with Crippen LogP contribution in [-0.2, 0) is 6.42 Å². The number of nitrogen functional groups attached to an aromatic ring is 1. The predicted molar refractivity (Wildman–Crippen MR) is 74.6 cm³/mol. The lowest BCUT2D eigenvalue weighted by molar-refractivity contribution is 0.432. The Kier molecular flexibility index (Phi) is 3.00. The van der Waals surface area contributed by atoms with Crippen molar-refractivity contribution >= 4 is 16.3 Å². The maximum absolute atomic E-state index is 5.85. The highest BCUT2D eigenvalue weighted by Crippen LogP contribution is 2.30. The minimum absolute atomic E-state index is 0.432. The van der Waals surface area contributed by atoms with Crippen molar-refractivity contribution in [3.05, 3.63) is 35.3 Å². The van der Waals surface area contributed by atoms with E-state index in [0.717, 1.165) is 23.2 Å². The van der Waals surface area contributed by atoms with Crippen LogP contribution in [0.25, 0.3) is 23.0 Å².